The van der Waals surface area contributed by atoms with Crippen LogP contribution in [0, 0.1) is 5.82 Å². The second-order valence-corrected chi connectivity index (χ2v) is 7.07. The van der Waals surface area contributed by atoms with Gasteiger partial charge in [0.2, 0.25) is 11.2 Å². The molecular weight excluding hydrogens is 387 g/mol. The SMILES string of the molecule is O=C(COc1coc(CN2CCc3ccccc32)cc1=O)NCc1ccc(F)cc1. The molecule has 30 heavy (non-hydrogen) atoms. The summed E-state index contributed by atoms with van der Waals surface area (Å²) >= 11 is 0. The van der Waals surface area contributed by atoms with Crippen molar-refractivity contribution in [2.45, 2.75) is 19.5 Å². The van der Waals surface area contributed by atoms with E-state index in [2.05, 4.69) is 22.3 Å². The number of hydrogen-bond donors (Lipinski definition) is 1. The summed E-state index contributed by atoms with van der Waals surface area (Å²) in [6, 6.07) is 15.4. The summed E-state index contributed by atoms with van der Waals surface area (Å²) in [7, 11) is 0. The van der Waals surface area contributed by atoms with Gasteiger partial charge in [-0.25, -0.2) is 4.39 Å². The molecule has 0 saturated heterocycles. The van der Waals surface area contributed by atoms with E-state index in [1.165, 1.54) is 30.0 Å². The maximum absolute atomic E-state index is 12.9. The van der Waals surface area contributed by atoms with E-state index in [9.17, 15) is 14.0 Å². The van der Waals surface area contributed by atoms with E-state index in [-0.39, 0.29) is 30.1 Å². The smallest absolute Gasteiger partial charge is 0.258 e. The number of fused-ring (bicyclic) bond motifs is 1. The number of halogens is 1. The minimum Gasteiger partial charge on any atom is -0.477 e. The molecule has 1 aliphatic heterocycles. The van der Waals surface area contributed by atoms with Crippen molar-refractivity contribution in [1.82, 2.24) is 5.32 Å². The Morgan fingerprint density at radius 3 is 2.77 bits per heavy atom. The van der Waals surface area contributed by atoms with Gasteiger partial charge >= 0.3 is 0 Å². The third-order valence-corrected chi connectivity index (χ3v) is 4.94. The molecule has 0 atom stereocenters. The highest BCUT2D eigenvalue weighted by Crippen LogP contribution is 2.28. The Kier molecular flexibility index (Phi) is 5.79. The van der Waals surface area contributed by atoms with E-state index < -0.39 is 5.91 Å². The highest BCUT2D eigenvalue weighted by Gasteiger charge is 2.19. The largest absolute Gasteiger partial charge is 0.477 e. The van der Waals surface area contributed by atoms with Crippen molar-refractivity contribution in [3.63, 3.8) is 0 Å². The number of carbonyl (C=O) groups excluding carboxylic acids is 1. The van der Waals surface area contributed by atoms with Crippen molar-refractivity contribution in [3.8, 4) is 5.75 Å². The standard InChI is InChI=1S/C23H21FN2O4/c24-18-7-5-16(6-8-18)12-25-23(28)15-30-22-14-29-19(11-21(22)27)13-26-10-9-17-3-1-2-4-20(17)26/h1-8,11,14H,9-10,12-13,15H2,(H,25,28). The molecule has 1 N–H and O–H groups in total. The molecule has 0 spiro atoms. The van der Waals surface area contributed by atoms with Gasteiger partial charge in [-0.2, -0.15) is 0 Å². The molecule has 1 amide bonds. The van der Waals surface area contributed by atoms with Gasteiger partial charge < -0.3 is 19.4 Å². The van der Waals surface area contributed by atoms with Crippen LogP contribution in [0.15, 0.2) is 70.1 Å². The first kappa shape index (κ1) is 19.7. The summed E-state index contributed by atoms with van der Waals surface area (Å²) in [6.07, 6.45) is 2.21. The molecule has 154 valence electrons. The second kappa shape index (κ2) is 8.82. The van der Waals surface area contributed by atoms with Gasteiger partial charge in [0, 0.05) is 24.8 Å². The van der Waals surface area contributed by atoms with Gasteiger partial charge in [-0.15, -0.1) is 0 Å². The molecule has 0 bridgehead atoms. The first-order valence-electron chi connectivity index (χ1n) is 9.67. The molecule has 0 fully saturated rings. The van der Waals surface area contributed by atoms with Gasteiger partial charge in [0.25, 0.3) is 5.91 Å². The van der Waals surface area contributed by atoms with Crippen LogP contribution in [0.1, 0.15) is 16.9 Å². The zero-order valence-electron chi connectivity index (χ0n) is 16.3. The quantitative estimate of drug-likeness (QED) is 0.651. The van der Waals surface area contributed by atoms with Crippen LogP contribution in [0.3, 0.4) is 0 Å². The fraction of sp³-hybridized carbons (Fsp3) is 0.217. The molecule has 0 aliphatic carbocycles. The third-order valence-electron chi connectivity index (χ3n) is 4.94. The molecule has 0 saturated carbocycles. The van der Waals surface area contributed by atoms with Crippen molar-refractivity contribution in [2.24, 2.45) is 0 Å². The van der Waals surface area contributed by atoms with E-state index in [0.717, 1.165) is 24.2 Å². The number of rotatable bonds is 7. The van der Waals surface area contributed by atoms with Crippen LogP contribution in [0.25, 0.3) is 0 Å². The van der Waals surface area contributed by atoms with E-state index in [4.69, 9.17) is 9.15 Å². The van der Waals surface area contributed by atoms with Gasteiger partial charge in [0.15, 0.2) is 6.61 Å². The summed E-state index contributed by atoms with van der Waals surface area (Å²) < 4.78 is 23.7. The first-order chi connectivity index (χ1) is 14.6. The molecule has 7 heteroatoms. The van der Waals surface area contributed by atoms with Gasteiger partial charge in [0.05, 0.1) is 6.54 Å². The van der Waals surface area contributed by atoms with E-state index in [1.54, 1.807) is 12.1 Å². The summed E-state index contributed by atoms with van der Waals surface area (Å²) in [4.78, 5) is 26.4. The van der Waals surface area contributed by atoms with Crippen LogP contribution in [-0.2, 0) is 24.3 Å². The number of hydrogen-bond acceptors (Lipinski definition) is 5. The topological polar surface area (TPSA) is 71.8 Å². The normalized spacial score (nSPS) is 12.5. The Morgan fingerprint density at radius 1 is 1.17 bits per heavy atom. The second-order valence-electron chi connectivity index (χ2n) is 7.07. The first-order valence-corrected chi connectivity index (χ1v) is 9.67. The fourth-order valence-corrected chi connectivity index (χ4v) is 3.38. The summed E-state index contributed by atoms with van der Waals surface area (Å²) in [6.45, 7) is 1.29. The van der Waals surface area contributed by atoms with Crippen molar-refractivity contribution in [1.29, 1.82) is 0 Å². The summed E-state index contributed by atoms with van der Waals surface area (Å²) in [5, 5.41) is 2.65. The Labute approximate surface area is 172 Å². The lowest BCUT2D eigenvalue weighted by atomic mass is 10.2. The minimum atomic E-state index is -0.392. The van der Waals surface area contributed by atoms with Crippen LogP contribution in [0.2, 0.25) is 0 Å². The zero-order valence-corrected chi connectivity index (χ0v) is 16.3. The van der Waals surface area contributed by atoms with E-state index in [0.29, 0.717) is 12.3 Å². The van der Waals surface area contributed by atoms with Crippen molar-refractivity contribution < 1.29 is 18.3 Å². The predicted molar refractivity (Wildman–Crippen MR) is 110 cm³/mol. The van der Waals surface area contributed by atoms with E-state index >= 15 is 0 Å². The average Bonchev–Trinajstić information content (AvgIpc) is 3.16. The highest BCUT2D eigenvalue weighted by atomic mass is 19.1. The number of amides is 1. The Hall–Kier alpha value is -3.61. The zero-order chi connectivity index (χ0) is 20.9. The van der Waals surface area contributed by atoms with E-state index in [1.807, 2.05) is 12.1 Å². The number of nitrogens with zero attached hydrogens (tertiary/aromatic N) is 1. The molecule has 1 aromatic heterocycles. The van der Waals surface area contributed by atoms with Crippen molar-refractivity contribution >= 4 is 11.6 Å². The van der Waals surface area contributed by atoms with Crippen LogP contribution >= 0.6 is 0 Å². The molecule has 4 rings (SSSR count). The minimum absolute atomic E-state index is 0.0162. The highest BCUT2D eigenvalue weighted by molar-refractivity contribution is 5.77. The lowest BCUT2D eigenvalue weighted by Crippen LogP contribution is -2.29. The Balaban J connectivity index is 1.30. The predicted octanol–water partition coefficient (Wildman–Crippen LogP) is 3.04. The Bertz CT molecular complexity index is 1090. The maximum Gasteiger partial charge on any atom is 0.258 e. The van der Waals surface area contributed by atoms with Gasteiger partial charge in [0.1, 0.15) is 17.8 Å². The Morgan fingerprint density at radius 2 is 1.97 bits per heavy atom. The van der Waals surface area contributed by atoms with Crippen LogP contribution < -0.4 is 20.4 Å². The lowest BCUT2D eigenvalue weighted by Gasteiger charge is -2.18. The van der Waals surface area contributed by atoms with Crippen LogP contribution in [0.5, 0.6) is 5.75 Å². The van der Waals surface area contributed by atoms with Gasteiger partial charge in [-0.3, -0.25) is 9.59 Å². The maximum atomic E-state index is 12.9. The number of para-hydroxylation sites is 1. The number of benzene rings is 2. The number of carbonyl (C=O) groups is 1. The average molecular weight is 408 g/mol. The molecule has 1 aliphatic rings. The van der Waals surface area contributed by atoms with Crippen molar-refractivity contribution in [3.05, 3.63) is 93.8 Å². The third kappa shape index (κ3) is 4.68. The molecule has 2 heterocycles. The number of nitrogens with one attached hydrogen (secondary N) is 1. The lowest BCUT2D eigenvalue weighted by molar-refractivity contribution is -0.123. The molecule has 2 aromatic carbocycles. The molecule has 3 aromatic rings. The molecule has 0 unspecified atom stereocenters. The summed E-state index contributed by atoms with van der Waals surface area (Å²) in [5.41, 5.74) is 2.86. The fourth-order valence-electron chi connectivity index (χ4n) is 3.38. The summed E-state index contributed by atoms with van der Waals surface area (Å²) in [5.74, 6) is -0.212. The van der Waals surface area contributed by atoms with Crippen LogP contribution in [-0.4, -0.2) is 19.1 Å². The van der Waals surface area contributed by atoms with Gasteiger partial charge in [-0.05, 0) is 35.7 Å². The monoisotopic (exact) mass is 408 g/mol. The molecule has 0 radical (unpaired) electrons. The molecular formula is C23H21FN2O4. The van der Waals surface area contributed by atoms with Crippen LogP contribution in [0.4, 0.5) is 10.1 Å². The van der Waals surface area contributed by atoms with Crippen molar-refractivity contribution in [2.75, 3.05) is 18.1 Å². The van der Waals surface area contributed by atoms with Gasteiger partial charge in [-0.1, -0.05) is 30.3 Å². The molecule has 6 nitrogen and oxygen atoms in total. The number of ether oxygens (including phenoxy) is 1. The number of anilines is 1.